The molecule has 1 aliphatic rings. The fourth-order valence-corrected chi connectivity index (χ4v) is 3.28. The van der Waals surface area contributed by atoms with Gasteiger partial charge in [0, 0.05) is 17.9 Å². The van der Waals surface area contributed by atoms with Crippen LogP contribution in [0.5, 0.6) is 0 Å². The number of hydrogen-bond donors (Lipinski definition) is 1. The van der Waals surface area contributed by atoms with Crippen LogP contribution in [0.1, 0.15) is 56.3 Å². The molecule has 2 heterocycles. The summed E-state index contributed by atoms with van der Waals surface area (Å²) >= 11 is 0. The fraction of sp³-hybridized carbons (Fsp3) is 0.550. The Kier molecular flexibility index (Phi) is 7.14. The largest absolute Gasteiger partial charge is 0.464 e. The first-order chi connectivity index (χ1) is 11.7. The van der Waals surface area contributed by atoms with Crippen molar-refractivity contribution in [2.24, 2.45) is 11.7 Å². The molecule has 0 bridgehead atoms. The number of nitriles is 1. The maximum absolute atomic E-state index is 8.71. The second kappa shape index (κ2) is 9.34. The molecule has 0 saturated carbocycles. The van der Waals surface area contributed by atoms with E-state index in [9.17, 15) is 0 Å². The van der Waals surface area contributed by atoms with Crippen LogP contribution in [0.25, 0.3) is 5.57 Å². The Labute approximate surface area is 145 Å². The molecule has 0 radical (unpaired) electrons. The number of furan rings is 1. The van der Waals surface area contributed by atoms with Crippen molar-refractivity contribution in [1.82, 2.24) is 0 Å². The van der Waals surface area contributed by atoms with Crippen LogP contribution in [-0.2, 0) is 4.74 Å². The fourth-order valence-electron chi connectivity index (χ4n) is 3.28. The number of hydrogen-bond acceptors (Lipinski definition) is 4. The number of rotatable bonds is 8. The lowest BCUT2D eigenvalue weighted by Crippen LogP contribution is -2.25. The summed E-state index contributed by atoms with van der Waals surface area (Å²) in [5, 5.41) is 8.71. The Bertz CT molecular complexity index is 601. The minimum atomic E-state index is 0.148. The Balaban J connectivity index is 1.78. The summed E-state index contributed by atoms with van der Waals surface area (Å²) in [4.78, 5) is 0. The highest BCUT2D eigenvalue weighted by Crippen LogP contribution is 2.29. The molecule has 2 rings (SSSR count). The van der Waals surface area contributed by atoms with Gasteiger partial charge in [0.2, 0.25) is 0 Å². The zero-order chi connectivity index (χ0) is 17.4. The Morgan fingerprint density at radius 1 is 1.46 bits per heavy atom. The van der Waals surface area contributed by atoms with Gasteiger partial charge in [-0.1, -0.05) is 13.0 Å². The van der Waals surface area contributed by atoms with Crippen LogP contribution in [0.15, 0.2) is 35.1 Å². The highest BCUT2D eigenvalue weighted by molar-refractivity contribution is 5.68. The highest BCUT2D eigenvalue weighted by atomic mass is 16.5. The Hall–Kier alpha value is -1.99. The molecule has 1 aliphatic heterocycles. The number of nitrogens with two attached hydrogens (primary N) is 1. The summed E-state index contributed by atoms with van der Waals surface area (Å²) in [5.41, 5.74) is 8.97. The molecule has 1 aromatic heterocycles. The Morgan fingerprint density at radius 3 is 2.88 bits per heavy atom. The first kappa shape index (κ1) is 18.4. The molecule has 2 N–H and O–H groups in total. The maximum atomic E-state index is 8.71. The third kappa shape index (κ3) is 5.01. The van der Waals surface area contributed by atoms with E-state index in [1.54, 1.807) is 12.3 Å². The van der Waals surface area contributed by atoms with Gasteiger partial charge in [0.25, 0.3) is 0 Å². The molecule has 4 heteroatoms. The molecule has 1 aromatic rings. The summed E-state index contributed by atoms with van der Waals surface area (Å²) in [6, 6.07) is 4.15. The van der Waals surface area contributed by atoms with Crippen molar-refractivity contribution < 1.29 is 9.15 Å². The summed E-state index contributed by atoms with van der Waals surface area (Å²) in [7, 11) is 0. The van der Waals surface area contributed by atoms with E-state index in [4.69, 9.17) is 20.1 Å². The second-order valence-corrected chi connectivity index (χ2v) is 6.58. The normalized spacial score (nSPS) is 21.8. The lowest BCUT2D eigenvalue weighted by Gasteiger charge is -2.27. The van der Waals surface area contributed by atoms with Crippen LogP contribution in [0.2, 0.25) is 0 Å². The average molecular weight is 328 g/mol. The van der Waals surface area contributed by atoms with Gasteiger partial charge in [0.1, 0.15) is 5.76 Å². The quantitative estimate of drug-likeness (QED) is 0.554. The van der Waals surface area contributed by atoms with Gasteiger partial charge in [-0.15, -0.1) is 0 Å². The topological polar surface area (TPSA) is 72.2 Å². The van der Waals surface area contributed by atoms with Crippen molar-refractivity contribution in [3.05, 3.63) is 42.0 Å². The lowest BCUT2D eigenvalue weighted by molar-refractivity contribution is -0.0153. The number of nitrogens with zero attached hydrogens (tertiary/aromatic N) is 1. The zero-order valence-corrected chi connectivity index (χ0v) is 14.6. The van der Waals surface area contributed by atoms with E-state index in [1.807, 2.05) is 13.0 Å². The van der Waals surface area contributed by atoms with Crippen molar-refractivity contribution in [3.8, 4) is 6.07 Å². The van der Waals surface area contributed by atoms with Crippen molar-refractivity contribution >= 4 is 5.57 Å². The SMILES string of the molecule is C=C/C(N)=C(/CCCC[C@H]1CC[C@H](CC#N)OC1)c1occc1C. The molecule has 1 fully saturated rings. The van der Waals surface area contributed by atoms with Crippen molar-refractivity contribution in [2.75, 3.05) is 6.61 Å². The number of ether oxygens (including phenoxy) is 1. The number of allylic oxidation sites excluding steroid dienone is 2. The van der Waals surface area contributed by atoms with Crippen LogP contribution in [-0.4, -0.2) is 12.7 Å². The molecule has 2 atom stereocenters. The van der Waals surface area contributed by atoms with Gasteiger partial charge in [-0.05, 0) is 62.7 Å². The molecule has 1 saturated heterocycles. The van der Waals surface area contributed by atoms with E-state index in [-0.39, 0.29) is 6.10 Å². The van der Waals surface area contributed by atoms with Crippen molar-refractivity contribution in [1.29, 1.82) is 5.26 Å². The third-order valence-corrected chi connectivity index (χ3v) is 4.78. The third-order valence-electron chi connectivity index (χ3n) is 4.78. The first-order valence-electron chi connectivity index (χ1n) is 8.79. The highest BCUT2D eigenvalue weighted by Gasteiger charge is 2.21. The zero-order valence-electron chi connectivity index (χ0n) is 14.6. The molecule has 0 amide bonds. The van der Waals surface area contributed by atoms with Crippen molar-refractivity contribution in [3.63, 3.8) is 0 Å². The minimum Gasteiger partial charge on any atom is -0.464 e. The predicted molar refractivity (Wildman–Crippen MR) is 95.9 cm³/mol. The predicted octanol–water partition coefficient (Wildman–Crippen LogP) is 4.71. The van der Waals surface area contributed by atoms with Crippen LogP contribution in [0.3, 0.4) is 0 Å². The van der Waals surface area contributed by atoms with E-state index >= 15 is 0 Å². The van der Waals surface area contributed by atoms with Crippen LogP contribution in [0.4, 0.5) is 0 Å². The van der Waals surface area contributed by atoms with Crippen LogP contribution < -0.4 is 5.73 Å². The second-order valence-electron chi connectivity index (χ2n) is 6.58. The van der Waals surface area contributed by atoms with Crippen LogP contribution in [0, 0.1) is 24.2 Å². The smallest absolute Gasteiger partial charge is 0.134 e. The van der Waals surface area contributed by atoms with Gasteiger partial charge in [-0.3, -0.25) is 0 Å². The van der Waals surface area contributed by atoms with E-state index < -0.39 is 0 Å². The first-order valence-corrected chi connectivity index (χ1v) is 8.79. The Morgan fingerprint density at radius 2 is 2.29 bits per heavy atom. The van der Waals surface area contributed by atoms with E-state index in [2.05, 4.69) is 12.6 Å². The van der Waals surface area contributed by atoms with Gasteiger partial charge in [-0.25, -0.2) is 0 Å². The molecule has 4 nitrogen and oxygen atoms in total. The summed E-state index contributed by atoms with van der Waals surface area (Å²) in [6.45, 7) is 6.61. The maximum Gasteiger partial charge on any atom is 0.134 e. The van der Waals surface area contributed by atoms with Gasteiger partial charge in [0.05, 0.1) is 24.9 Å². The molecule has 0 spiro atoms. The molecule has 130 valence electrons. The average Bonchev–Trinajstić information content (AvgIpc) is 3.02. The van der Waals surface area contributed by atoms with Gasteiger partial charge in [-0.2, -0.15) is 5.26 Å². The van der Waals surface area contributed by atoms with Gasteiger partial charge in [0.15, 0.2) is 0 Å². The van der Waals surface area contributed by atoms with Crippen LogP contribution >= 0.6 is 0 Å². The molecule has 24 heavy (non-hydrogen) atoms. The number of aryl methyl sites for hydroxylation is 1. The molecular formula is C20H28N2O2. The molecule has 0 aliphatic carbocycles. The van der Waals surface area contributed by atoms with Crippen molar-refractivity contribution in [2.45, 2.75) is 58.0 Å². The van der Waals surface area contributed by atoms with Gasteiger partial charge < -0.3 is 14.9 Å². The lowest BCUT2D eigenvalue weighted by atomic mass is 9.91. The molecular weight excluding hydrogens is 300 g/mol. The summed E-state index contributed by atoms with van der Waals surface area (Å²) < 4.78 is 11.4. The van der Waals surface area contributed by atoms with E-state index in [0.29, 0.717) is 18.0 Å². The summed E-state index contributed by atoms with van der Waals surface area (Å²) in [6.07, 6.45) is 10.5. The van der Waals surface area contributed by atoms with E-state index in [1.165, 1.54) is 6.42 Å². The van der Waals surface area contributed by atoms with Gasteiger partial charge >= 0.3 is 0 Å². The van der Waals surface area contributed by atoms with E-state index in [0.717, 1.165) is 55.6 Å². The minimum absolute atomic E-state index is 0.148. The number of unbranched alkanes of at least 4 members (excludes halogenated alkanes) is 1. The monoisotopic (exact) mass is 328 g/mol. The standard InChI is InChI=1S/C20H28N2O2/c1-3-19(22)18(20-15(2)11-13-23-20)7-5-4-6-16-8-9-17(10-12-21)24-14-16/h3,11,13,16-17H,1,4-10,14,22H2,2H3/b19-18+/t16-,17+/m0/s1. The molecule has 0 unspecified atom stereocenters. The summed E-state index contributed by atoms with van der Waals surface area (Å²) in [5.74, 6) is 1.50. The molecule has 0 aromatic carbocycles.